The summed E-state index contributed by atoms with van der Waals surface area (Å²) in [6, 6.07) is 12.4. The third-order valence-electron chi connectivity index (χ3n) is 4.00. The topological polar surface area (TPSA) is 58.6 Å². The number of carbonyl (C=O) groups excluding carboxylic acids is 2. The first kappa shape index (κ1) is 19.4. The molecule has 0 aliphatic carbocycles. The molecule has 0 bridgehead atoms. The van der Waals surface area contributed by atoms with E-state index in [1.54, 1.807) is 12.1 Å². The summed E-state index contributed by atoms with van der Waals surface area (Å²) in [5, 5.41) is 2.58. The van der Waals surface area contributed by atoms with Crippen molar-refractivity contribution < 1.29 is 18.7 Å². The second kappa shape index (κ2) is 8.99. The normalized spacial score (nSPS) is 11.5. The van der Waals surface area contributed by atoms with Gasteiger partial charge in [-0.3, -0.25) is 4.79 Å². The molecule has 1 amide bonds. The Morgan fingerprint density at radius 3 is 2.15 bits per heavy atom. The van der Waals surface area contributed by atoms with Crippen molar-refractivity contribution in [1.82, 2.24) is 0 Å². The summed E-state index contributed by atoms with van der Waals surface area (Å²) in [5.41, 5.74) is 1.83. The van der Waals surface area contributed by atoms with Gasteiger partial charge in [-0.15, -0.1) is 0 Å². The van der Waals surface area contributed by atoms with E-state index in [0.717, 1.165) is 18.8 Å². The van der Waals surface area contributed by atoms with Crippen LogP contribution in [0, 0.1) is 5.82 Å². The molecule has 5 nitrogen and oxygen atoms in total. The van der Waals surface area contributed by atoms with E-state index in [4.69, 9.17) is 4.74 Å². The smallest absolute Gasteiger partial charge is 0.338 e. The fraction of sp³-hybridized carbons (Fsp3) is 0.300. The van der Waals surface area contributed by atoms with Gasteiger partial charge < -0.3 is 15.0 Å². The Kier molecular flexibility index (Phi) is 6.72. The standard InChI is InChI=1S/C20H23FN2O3/c1-4-23(5-2)18-12-6-15(7-13-18)20(25)26-14(3)19(24)22-17-10-8-16(21)9-11-17/h6-14H,4-5H2,1-3H3,(H,22,24)/t14-/m1/s1. The Hall–Kier alpha value is -2.89. The fourth-order valence-electron chi connectivity index (χ4n) is 2.46. The van der Waals surface area contributed by atoms with Crippen LogP contribution in [0.4, 0.5) is 15.8 Å². The average Bonchev–Trinajstić information content (AvgIpc) is 2.65. The molecule has 0 spiro atoms. The van der Waals surface area contributed by atoms with Crippen LogP contribution in [0.25, 0.3) is 0 Å². The average molecular weight is 358 g/mol. The highest BCUT2D eigenvalue weighted by molar-refractivity contribution is 5.97. The number of hydrogen-bond donors (Lipinski definition) is 1. The lowest BCUT2D eigenvalue weighted by molar-refractivity contribution is -0.123. The van der Waals surface area contributed by atoms with Crippen LogP contribution in [-0.2, 0) is 9.53 Å². The maximum Gasteiger partial charge on any atom is 0.338 e. The van der Waals surface area contributed by atoms with Gasteiger partial charge in [-0.25, -0.2) is 9.18 Å². The Morgan fingerprint density at radius 1 is 1.04 bits per heavy atom. The highest BCUT2D eigenvalue weighted by atomic mass is 19.1. The van der Waals surface area contributed by atoms with E-state index in [1.165, 1.54) is 31.2 Å². The zero-order valence-electron chi connectivity index (χ0n) is 15.2. The molecule has 1 N–H and O–H groups in total. The first-order valence-electron chi connectivity index (χ1n) is 8.57. The molecule has 0 aliphatic rings. The van der Waals surface area contributed by atoms with Gasteiger partial charge in [0.1, 0.15) is 5.82 Å². The van der Waals surface area contributed by atoms with E-state index in [2.05, 4.69) is 24.1 Å². The van der Waals surface area contributed by atoms with E-state index in [1.807, 2.05) is 12.1 Å². The monoisotopic (exact) mass is 358 g/mol. The quantitative estimate of drug-likeness (QED) is 0.764. The fourth-order valence-corrected chi connectivity index (χ4v) is 2.46. The molecule has 0 fully saturated rings. The van der Waals surface area contributed by atoms with Crippen molar-refractivity contribution >= 4 is 23.3 Å². The Balaban J connectivity index is 1.95. The van der Waals surface area contributed by atoms with Gasteiger partial charge in [0.2, 0.25) is 0 Å². The van der Waals surface area contributed by atoms with Crippen molar-refractivity contribution in [2.24, 2.45) is 0 Å². The summed E-state index contributed by atoms with van der Waals surface area (Å²) >= 11 is 0. The van der Waals surface area contributed by atoms with Crippen LogP contribution in [0.3, 0.4) is 0 Å². The summed E-state index contributed by atoms with van der Waals surface area (Å²) in [7, 11) is 0. The highest BCUT2D eigenvalue weighted by Gasteiger charge is 2.19. The molecule has 138 valence electrons. The minimum absolute atomic E-state index is 0.377. The SMILES string of the molecule is CCN(CC)c1ccc(C(=O)O[C@H](C)C(=O)Nc2ccc(F)cc2)cc1. The predicted octanol–water partition coefficient (Wildman–Crippen LogP) is 3.86. The van der Waals surface area contributed by atoms with Crippen molar-refractivity contribution in [1.29, 1.82) is 0 Å². The number of hydrogen-bond acceptors (Lipinski definition) is 4. The van der Waals surface area contributed by atoms with Crippen molar-refractivity contribution in [2.75, 3.05) is 23.3 Å². The lowest BCUT2D eigenvalue weighted by Crippen LogP contribution is -2.30. The molecule has 0 saturated carbocycles. The largest absolute Gasteiger partial charge is 0.449 e. The summed E-state index contributed by atoms with van der Waals surface area (Å²) in [6.07, 6.45) is -0.977. The molecule has 2 rings (SSSR count). The lowest BCUT2D eigenvalue weighted by atomic mass is 10.2. The van der Waals surface area contributed by atoms with E-state index < -0.39 is 23.8 Å². The number of amides is 1. The molecule has 0 saturated heterocycles. The molecule has 2 aromatic rings. The van der Waals surface area contributed by atoms with Crippen molar-refractivity contribution in [3.8, 4) is 0 Å². The molecule has 0 radical (unpaired) electrons. The second-order valence-electron chi connectivity index (χ2n) is 5.76. The number of anilines is 2. The Bertz CT molecular complexity index is 741. The van der Waals surface area contributed by atoms with Gasteiger partial charge in [0, 0.05) is 24.5 Å². The highest BCUT2D eigenvalue weighted by Crippen LogP contribution is 2.16. The zero-order valence-corrected chi connectivity index (χ0v) is 15.2. The third kappa shape index (κ3) is 5.05. The van der Waals surface area contributed by atoms with E-state index in [9.17, 15) is 14.0 Å². The Labute approximate surface area is 152 Å². The van der Waals surface area contributed by atoms with Crippen LogP contribution < -0.4 is 10.2 Å². The molecule has 0 aromatic heterocycles. The Morgan fingerprint density at radius 2 is 1.62 bits per heavy atom. The van der Waals surface area contributed by atoms with Crippen LogP contribution in [0.1, 0.15) is 31.1 Å². The number of nitrogens with one attached hydrogen (secondary N) is 1. The number of halogens is 1. The molecular formula is C20H23FN2O3. The maximum atomic E-state index is 12.9. The van der Waals surface area contributed by atoms with Gasteiger partial charge in [-0.1, -0.05) is 0 Å². The van der Waals surface area contributed by atoms with Crippen LogP contribution in [0.5, 0.6) is 0 Å². The number of carbonyl (C=O) groups is 2. The number of nitrogens with zero attached hydrogens (tertiary/aromatic N) is 1. The summed E-state index contributed by atoms with van der Waals surface area (Å²) in [6.45, 7) is 7.36. The number of esters is 1. The van der Waals surface area contributed by atoms with Crippen LogP contribution >= 0.6 is 0 Å². The molecule has 6 heteroatoms. The van der Waals surface area contributed by atoms with E-state index in [-0.39, 0.29) is 0 Å². The van der Waals surface area contributed by atoms with Gasteiger partial charge in [0.25, 0.3) is 5.91 Å². The first-order valence-corrected chi connectivity index (χ1v) is 8.57. The summed E-state index contributed by atoms with van der Waals surface area (Å²) in [4.78, 5) is 26.5. The molecule has 1 atom stereocenters. The minimum Gasteiger partial charge on any atom is -0.449 e. The van der Waals surface area contributed by atoms with Crippen molar-refractivity contribution in [3.05, 3.63) is 59.9 Å². The summed E-state index contributed by atoms with van der Waals surface area (Å²) in [5.74, 6) is -1.45. The molecule has 0 unspecified atom stereocenters. The van der Waals surface area contributed by atoms with Crippen molar-refractivity contribution in [2.45, 2.75) is 26.9 Å². The molecular weight excluding hydrogens is 335 g/mol. The zero-order chi connectivity index (χ0) is 19.1. The maximum absolute atomic E-state index is 12.9. The van der Waals surface area contributed by atoms with Crippen LogP contribution in [-0.4, -0.2) is 31.1 Å². The van der Waals surface area contributed by atoms with E-state index >= 15 is 0 Å². The second-order valence-corrected chi connectivity index (χ2v) is 5.76. The number of benzene rings is 2. The van der Waals surface area contributed by atoms with Gasteiger partial charge in [0.05, 0.1) is 5.56 Å². The van der Waals surface area contributed by atoms with E-state index in [0.29, 0.717) is 11.3 Å². The number of ether oxygens (including phenoxy) is 1. The van der Waals surface area contributed by atoms with Gasteiger partial charge in [-0.2, -0.15) is 0 Å². The number of rotatable bonds is 7. The van der Waals surface area contributed by atoms with Gasteiger partial charge in [-0.05, 0) is 69.3 Å². The predicted molar refractivity (Wildman–Crippen MR) is 99.9 cm³/mol. The third-order valence-corrected chi connectivity index (χ3v) is 4.00. The van der Waals surface area contributed by atoms with Crippen LogP contribution in [0.15, 0.2) is 48.5 Å². The van der Waals surface area contributed by atoms with Crippen LogP contribution in [0.2, 0.25) is 0 Å². The molecule has 0 aliphatic heterocycles. The lowest BCUT2D eigenvalue weighted by Gasteiger charge is -2.21. The minimum atomic E-state index is -0.977. The first-order chi connectivity index (χ1) is 12.4. The van der Waals surface area contributed by atoms with Crippen molar-refractivity contribution in [3.63, 3.8) is 0 Å². The van der Waals surface area contributed by atoms with Gasteiger partial charge >= 0.3 is 5.97 Å². The molecule has 2 aromatic carbocycles. The molecule has 0 heterocycles. The van der Waals surface area contributed by atoms with Gasteiger partial charge in [0.15, 0.2) is 6.10 Å². The summed E-state index contributed by atoms with van der Waals surface area (Å²) < 4.78 is 18.1. The molecule has 26 heavy (non-hydrogen) atoms.